The molecule has 0 rings (SSSR count). The van der Waals surface area contributed by atoms with Crippen LogP contribution in [-0.4, -0.2) is 21.9 Å². The first-order valence-electron chi connectivity index (χ1n) is 1.61. The molecular formula is C3H9KO3S2. The average Bonchev–Trinajstić information content (AvgIpc) is 1.35. The molecule has 0 atom stereocenters. The van der Waals surface area contributed by atoms with Crippen molar-refractivity contribution in [2.24, 2.45) is 0 Å². The minimum absolute atomic E-state index is 0. The number of hydrogen-bond donors (Lipinski definition) is 0. The largest absolute Gasteiger partial charge is 1.00 e. The molecule has 6 heteroatoms. The summed E-state index contributed by atoms with van der Waals surface area (Å²) in [5.41, 5.74) is 0. The van der Waals surface area contributed by atoms with Gasteiger partial charge in [0.2, 0.25) is 0 Å². The Kier molecular flexibility index (Phi) is 40.7. The van der Waals surface area contributed by atoms with Gasteiger partial charge in [-0.2, -0.15) is 0 Å². The molecule has 0 aromatic carbocycles. The van der Waals surface area contributed by atoms with Crippen LogP contribution in [0.15, 0.2) is 0 Å². The Balaban J connectivity index is -0.0000000417. The molecule has 3 nitrogen and oxygen atoms in total. The second kappa shape index (κ2) is 16.3. The van der Waals surface area contributed by atoms with Crippen molar-refractivity contribution in [2.45, 2.75) is 6.92 Å². The molecule has 0 spiro atoms. The maximum absolute atomic E-state index is 4.59. The molecule has 52 valence electrons. The van der Waals surface area contributed by atoms with Crippen LogP contribution in [0.4, 0.5) is 0 Å². The van der Waals surface area contributed by atoms with Crippen LogP contribution in [0.3, 0.4) is 0 Å². The van der Waals surface area contributed by atoms with E-state index >= 15 is 0 Å². The molecule has 0 aliphatic heterocycles. The normalized spacial score (nSPS) is 5.00. The topological polar surface area (TPSA) is 72.2 Å². The molecule has 0 saturated carbocycles. The Morgan fingerprint density at radius 3 is 1.89 bits per heavy atom. The van der Waals surface area contributed by atoms with Gasteiger partial charge < -0.3 is 40.5 Å². The molecule has 0 bridgehead atoms. The number of thiocarbonyl (C=S) groups is 1. The monoisotopic (exact) mass is 196 g/mol. The molecule has 0 heterocycles. The van der Waals surface area contributed by atoms with Gasteiger partial charge in [0.1, 0.15) is 0 Å². The summed E-state index contributed by atoms with van der Waals surface area (Å²) in [4.78, 5) is 0. The fourth-order valence-corrected chi connectivity index (χ4v) is 0.354. The van der Waals surface area contributed by atoms with Crippen LogP contribution in [0.25, 0.3) is 0 Å². The van der Waals surface area contributed by atoms with Crippen molar-refractivity contribution in [3.63, 3.8) is 0 Å². The van der Waals surface area contributed by atoms with E-state index in [1.165, 1.54) is 0 Å². The first-order valence-corrected chi connectivity index (χ1v) is 2.42. The third-order valence-corrected chi connectivity index (χ3v) is 0.498. The molecule has 0 amide bonds. The summed E-state index contributed by atoms with van der Waals surface area (Å²) in [5.74, 6) is 0. The predicted octanol–water partition coefficient (Wildman–Crippen LogP) is -3.79. The van der Waals surface area contributed by atoms with E-state index in [2.05, 4.69) is 29.6 Å². The van der Waals surface area contributed by atoms with Crippen LogP contribution >= 0.6 is 12.2 Å². The summed E-state index contributed by atoms with van der Waals surface area (Å²) in [5, 5.41) is 0. The molecule has 9 heavy (non-hydrogen) atoms. The fourth-order valence-electron chi connectivity index (χ4n) is 0.118. The standard InChI is InChI=1S/C3H6OS2.K.2H2O/c1-2-4-3(5)6;;;/h2H2,1H3,(H,5,6);;2*1H2/q;+1;;/p-1. The molecular weight excluding hydrogens is 187 g/mol. The van der Waals surface area contributed by atoms with Gasteiger partial charge in [0, 0.05) is 4.38 Å². The van der Waals surface area contributed by atoms with Gasteiger partial charge in [-0.1, -0.05) is 0 Å². The molecule has 0 aliphatic carbocycles. The van der Waals surface area contributed by atoms with E-state index < -0.39 is 0 Å². The first kappa shape index (κ1) is 22.4. The van der Waals surface area contributed by atoms with E-state index in [1.807, 2.05) is 6.92 Å². The van der Waals surface area contributed by atoms with Crippen LogP contribution < -0.4 is 51.4 Å². The van der Waals surface area contributed by atoms with Crippen molar-refractivity contribution < 1.29 is 67.1 Å². The molecule has 0 aromatic rings. The maximum Gasteiger partial charge on any atom is 1.00 e. The predicted molar refractivity (Wildman–Crippen MR) is 38.8 cm³/mol. The smallest absolute Gasteiger partial charge is 0.514 e. The van der Waals surface area contributed by atoms with Crippen molar-refractivity contribution in [3.8, 4) is 0 Å². The minimum Gasteiger partial charge on any atom is -0.514 e. The summed E-state index contributed by atoms with van der Waals surface area (Å²) >= 11 is 8.77. The van der Waals surface area contributed by atoms with Gasteiger partial charge in [-0.15, -0.1) is 0 Å². The van der Waals surface area contributed by atoms with Gasteiger partial charge >= 0.3 is 51.4 Å². The summed E-state index contributed by atoms with van der Waals surface area (Å²) in [7, 11) is 0. The number of rotatable bonds is 1. The maximum atomic E-state index is 4.59. The van der Waals surface area contributed by atoms with Gasteiger partial charge in [-0.3, -0.25) is 0 Å². The van der Waals surface area contributed by atoms with Crippen molar-refractivity contribution in [1.29, 1.82) is 0 Å². The third-order valence-electron chi connectivity index (χ3n) is 0.262. The Bertz CT molecular complexity index is 61.0. The average molecular weight is 196 g/mol. The third kappa shape index (κ3) is 26.1. The van der Waals surface area contributed by atoms with Crippen molar-refractivity contribution >= 4 is 29.2 Å². The van der Waals surface area contributed by atoms with Gasteiger partial charge in [0.25, 0.3) is 0 Å². The Morgan fingerprint density at radius 1 is 1.56 bits per heavy atom. The molecule has 0 saturated heterocycles. The molecule has 4 N–H and O–H groups in total. The number of ether oxygens (including phenoxy) is 1. The van der Waals surface area contributed by atoms with Crippen molar-refractivity contribution in [1.82, 2.24) is 0 Å². The Labute approximate surface area is 108 Å². The van der Waals surface area contributed by atoms with Gasteiger partial charge in [0.05, 0.1) is 6.61 Å². The quantitative estimate of drug-likeness (QED) is 0.245. The zero-order chi connectivity index (χ0) is 4.99. The van der Waals surface area contributed by atoms with Gasteiger partial charge in [-0.05, 0) is 6.92 Å². The van der Waals surface area contributed by atoms with E-state index in [0.29, 0.717) is 6.61 Å². The van der Waals surface area contributed by atoms with Crippen molar-refractivity contribution in [2.75, 3.05) is 6.61 Å². The van der Waals surface area contributed by atoms with Crippen LogP contribution in [0, 0.1) is 0 Å². The first-order chi connectivity index (χ1) is 2.77. The number of hydrogen-bond acceptors (Lipinski definition) is 3. The zero-order valence-corrected chi connectivity index (χ0v) is 10.2. The second-order valence-corrected chi connectivity index (χ2v) is 1.68. The van der Waals surface area contributed by atoms with Crippen LogP contribution in [0.1, 0.15) is 6.92 Å². The van der Waals surface area contributed by atoms with Crippen LogP contribution in [0.2, 0.25) is 0 Å². The van der Waals surface area contributed by atoms with E-state index in [1.54, 1.807) is 0 Å². The molecule has 0 fully saturated rings. The van der Waals surface area contributed by atoms with Gasteiger partial charge in [-0.25, -0.2) is 0 Å². The zero-order valence-electron chi connectivity index (χ0n) is 5.43. The van der Waals surface area contributed by atoms with E-state index in [-0.39, 0.29) is 66.7 Å². The summed E-state index contributed by atoms with van der Waals surface area (Å²) in [6, 6.07) is 0. The van der Waals surface area contributed by atoms with Crippen molar-refractivity contribution in [3.05, 3.63) is 0 Å². The summed E-state index contributed by atoms with van der Waals surface area (Å²) in [6.07, 6.45) is 0. The van der Waals surface area contributed by atoms with E-state index in [0.717, 1.165) is 0 Å². The summed E-state index contributed by atoms with van der Waals surface area (Å²) in [6.45, 7) is 2.43. The second-order valence-electron chi connectivity index (χ2n) is 0.683. The molecule has 0 radical (unpaired) electrons. The molecule has 0 unspecified atom stereocenters. The van der Waals surface area contributed by atoms with Gasteiger partial charge in [0.15, 0.2) is 0 Å². The minimum atomic E-state index is 0. The molecule has 0 aliphatic rings. The van der Waals surface area contributed by atoms with E-state index in [4.69, 9.17) is 0 Å². The van der Waals surface area contributed by atoms with Crippen LogP contribution in [-0.2, 0) is 17.4 Å². The Morgan fingerprint density at radius 2 is 1.89 bits per heavy atom. The fraction of sp³-hybridized carbons (Fsp3) is 0.667. The van der Waals surface area contributed by atoms with Crippen LogP contribution in [0.5, 0.6) is 0 Å². The SMILES string of the molecule is CCOC(=S)[S-].O.O.[K+]. The molecule has 0 aromatic heterocycles. The summed E-state index contributed by atoms with van der Waals surface area (Å²) < 4.78 is 4.79. The Hall–Kier alpha value is 1.67. The van der Waals surface area contributed by atoms with E-state index in [9.17, 15) is 0 Å².